The van der Waals surface area contributed by atoms with Crippen molar-refractivity contribution in [2.45, 2.75) is 25.7 Å². The van der Waals surface area contributed by atoms with Crippen LogP contribution in [-0.2, 0) is 0 Å². The molecule has 0 N–H and O–H groups in total. The number of rotatable bonds is 8. The first-order valence-electron chi connectivity index (χ1n) is 5.78. The molecular formula is C12H15Cl2NO3. The highest BCUT2D eigenvalue weighted by Gasteiger charge is 2.10. The molecule has 0 heterocycles. The SMILES string of the molecule is O=[N+]([O-])c1ccc(Cl)c(OCCCCCCCl)c1. The molecule has 0 aromatic heterocycles. The number of alkyl halides is 1. The molecule has 100 valence electrons. The van der Waals surface area contributed by atoms with E-state index < -0.39 is 4.92 Å². The van der Waals surface area contributed by atoms with Gasteiger partial charge in [-0.3, -0.25) is 10.1 Å². The van der Waals surface area contributed by atoms with Gasteiger partial charge in [-0.05, 0) is 18.9 Å². The number of benzene rings is 1. The summed E-state index contributed by atoms with van der Waals surface area (Å²) < 4.78 is 5.44. The highest BCUT2D eigenvalue weighted by Crippen LogP contribution is 2.28. The molecule has 0 unspecified atom stereocenters. The monoisotopic (exact) mass is 291 g/mol. The van der Waals surface area contributed by atoms with Crippen LogP contribution in [0, 0.1) is 10.1 Å². The van der Waals surface area contributed by atoms with E-state index in [-0.39, 0.29) is 5.69 Å². The Balaban J connectivity index is 2.41. The van der Waals surface area contributed by atoms with E-state index in [9.17, 15) is 10.1 Å². The second kappa shape index (κ2) is 8.16. The first-order chi connectivity index (χ1) is 8.65. The van der Waals surface area contributed by atoms with Gasteiger partial charge in [0.25, 0.3) is 5.69 Å². The largest absolute Gasteiger partial charge is 0.492 e. The Kier molecular flexibility index (Phi) is 6.83. The summed E-state index contributed by atoms with van der Waals surface area (Å²) >= 11 is 11.5. The van der Waals surface area contributed by atoms with E-state index in [0.29, 0.717) is 23.3 Å². The molecule has 0 amide bonds. The van der Waals surface area contributed by atoms with E-state index in [1.54, 1.807) is 0 Å². The van der Waals surface area contributed by atoms with Crippen LogP contribution in [0.5, 0.6) is 5.75 Å². The van der Waals surface area contributed by atoms with Crippen LogP contribution in [0.1, 0.15) is 25.7 Å². The first-order valence-corrected chi connectivity index (χ1v) is 6.69. The zero-order chi connectivity index (χ0) is 13.4. The van der Waals surface area contributed by atoms with Gasteiger partial charge in [0.15, 0.2) is 0 Å². The molecule has 1 rings (SSSR count). The van der Waals surface area contributed by atoms with E-state index in [1.165, 1.54) is 18.2 Å². The summed E-state index contributed by atoms with van der Waals surface area (Å²) in [7, 11) is 0. The Hall–Kier alpha value is -1.00. The lowest BCUT2D eigenvalue weighted by atomic mass is 10.2. The summed E-state index contributed by atoms with van der Waals surface area (Å²) in [6.45, 7) is 0.503. The molecule has 0 aliphatic heterocycles. The van der Waals surface area contributed by atoms with E-state index >= 15 is 0 Å². The van der Waals surface area contributed by atoms with Crippen LogP contribution in [0.15, 0.2) is 18.2 Å². The molecule has 0 saturated heterocycles. The van der Waals surface area contributed by atoms with E-state index in [0.717, 1.165) is 25.7 Å². The highest BCUT2D eigenvalue weighted by molar-refractivity contribution is 6.32. The van der Waals surface area contributed by atoms with Gasteiger partial charge in [-0.15, -0.1) is 11.6 Å². The van der Waals surface area contributed by atoms with Gasteiger partial charge in [0.1, 0.15) is 5.75 Å². The fourth-order valence-electron chi connectivity index (χ4n) is 1.45. The minimum Gasteiger partial charge on any atom is -0.492 e. The standard InChI is InChI=1S/C12H15Cl2NO3/c13-7-3-1-2-4-8-18-12-9-10(15(16)17)5-6-11(12)14/h5-6,9H,1-4,7-8H2. The van der Waals surface area contributed by atoms with Gasteiger partial charge in [-0.2, -0.15) is 0 Å². The smallest absolute Gasteiger partial charge is 0.273 e. The zero-order valence-corrected chi connectivity index (χ0v) is 11.4. The quantitative estimate of drug-likeness (QED) is 0.308. The minimum atomic E-state index is -0.469. The number of nitro groups is 1. The predicted molar refractivity (Wildman–Crippen MR) is 72.8 cm³/mol. The van der Waals surface area contributed by atoms with Gasteiger partial charge < -0.3 is 4.74 Å². The molecule has 0 fully saturated rings. The first kappa shape index (κ1) is 15.1. The third-order valence-electron chi connectivity index (χ3n) is 2.41. The number of hydrogen-bond acceptors (Lipinski definition) is 3. The molecule has 0 atom stereocenters. The number of unbranched alkanes of at least 4 members (excludes halogenated alkanes) is 3. The molecule has 0 saturated carbocycles. The molecule has 0 radical (unpaired) electrons. The maximum Gasteiger partial charge on any atom is 0.273 e. The second-order valence-electron chi connectivity index (χ2n) is 3.82. The number of halogens is 2. The molecule has 0 aliphatic carbocycles. The Bertz CT molecular complexity index is 399. The maximum atomic E-state index is 10.6. The van der Waals surface area contributed by atoms with Crippen molar-refractivity contribution < 1.29 is 9.66 Å². The Labute approximate surface area is 116 Å². The molecule has 0 spiro atoms. The average Bonchev–Trinajstić information content (AvgIpc) is 2.35. The number of non-ortho nitro benzene ring substituents is 1. The lowest BCUT2D eigenvalue weighted by Crippen LogP contribution is -1.99. The van der Waals surface area contributed by atoms with Crippen LogP contribution in [0.4, 0.5) is 5.69 Å². The highest BCUT2D eigenvalue weighted by atomic mass is 35.5. The summed E-state index contributed by atoms with van der Waals surface area (Å²) in [4.78, 5) is 10.1. The molecule has 4 nitrogen and oxygen atoms in total. The normalized spacial score (nSPS) is 10.3. The van der Waals surface area contributed by atoms with Crippen LogP contribution in [-0.4, -0.2) is 17.4 Å². The van der Waals surface area contributed by atoms with Crippen molar-refractivity contribution in [1.29, 1.82) is 0 Å². The molecular weight excluding hydrogens is 277 g/mol. The number of hydrogen-bond donors (Lipinski definition) is 0. The van der Waals surface area contributed by atoms with Gasteiger partial charge in [-0.25, -0.2) is 0 Å². The summed E-state index contributed by atoms with van der Waals surface area (Å²) in [6.07, 6.45) is 3.98. The Morgan fingerprint density at radius 3 is 2.61 bits per heavy atom. The van der Waals surface area contributed by atoms with Crippen molar-refractivity contribution in [2.75, 3.05) is 12.5 Å². The molecule has 6 heteroatoms. The van der Waals surface area contributed by atoms with Gasteiger partial charge in [0.05, 0.1) is 22.6 Å². The van der Waals surface area contributed by atoms with Crippen molar-refractivity contribution in [1.82, 2.24) is 0 Å². The topological polar surface area (TPSA) is 52.4 Å². The van der Waals surface area contributed by atoms with Crippen molar-refractivity contribution in [2.24, 2.45) is 0 Å². The van der Waals surface area contributed by atoms with Crippen molar-refractivity contribution in [3.05, 3.63) is 33.3 Å². The van der Waals surface area contributed by atoms with Gasteiger partial charge >= 0.3 is 0 Å². The molecule has 0 aliphatic rings. The molecule has 0 bridgehead atoms. The van der Waals surface area contributed by atoms with E-state index in [4.69, 9.17) is 27.9 Å². The molecule has 1 aromatic rings. The van der Waals surface area contributed by atoms with Crippen molar-refractivity contribution in [3.8, 4) is 5.75 Å². The van der Waals surface area contributed by atoms with Crippen LogP contribution in [0.3, 0.4) is 0 Å². The maximum absolute atomic E-state index is 10.6. The van der Waals surface area contributed by atoms with Gasteiger partial charge in [-0.1, -0.05) is 24.4 Å². The van der Waals surface area contributed by atoms with Gasteiger partial charge in [0, 0.05) is 11.9 Å². The predicted octanol–water partition coefficient (Wildman–Crippen LogP) is 4.43. The molecule has 18 heavy (non-hydrogen) atoms. The van der Waals surface area contributed by atoms with Crippen molar-refractivity contribution >= 4 is 28.9 Å². The zero-order valence-electron chi connectivity index (χ0n) is 9.90. The van der Waals surface area contributed by atoms with Crippen LogP contribution in [0.25, 0.3) is 0 Å². The second-order valence-corrected chi connectivity index (χ2v) is 4.61. The lowest BCUT2D eigenvalue weighted by molar-refractivity contribution is -0.384. The third kappa shape index (κ3) is 5.10. The summed E-state index contributed by atoms with van der Waals surface area (Å²) in [5.41, 5.74) is -0.0171. The van der Waals surface area contributed by atoms with Crippen molar-refractivity contribution in [3.63, 3.8) is 0 Å². The van der Waals surface area contributed by atoms with E-state index in [2.05, 4.69) is 0 Å². The average molecular weight is 292 g/mol. The molecule has 1 aromatic carbocycles. The van der Waals surface area contributed by atoms with Crippen LogP contribution >= 0.6 is 23.2 Å². The fraction of sp³-hybridized carbons (Fsp3) is 0.500. The Morgan fingerprint density at radius 2 is 1.94 bits per heavy atom. The third-order valence-corrected chi connectivity index (χ3v) is 2.99. The Morgan fingerprint density at radius 1 is 1.22 bits per heavy atom. The number of ether oxygens (including phenoxy) is 1. The number of nitrogens with zero attached hydrogens (tertiary/aromatic N) is 1. The lowest BCUT2D eigenvalue weighted by Gasteiger charge is -2.07. The summed E-state index contributed by atoms with van der Waals surface area (Å²) in [5, 5.41) is 11.0. The number of nitro benzene ring substituents is 1. The summed E-state index contributed by atoms with van der Waals surface area (Å²) in [6, 6.07) is 4.18. The van der Waals surface area contributed by atoms with Crippen LogP contribution < -0.4 is 4.74 Å². The minimum absolute atomic E-state index is 0.0171. The van der Waals surface area contributed by atoms with Crippen LogP contribution in [0.2, 0.25) is 5.02 Å². The van der Waals surface area contributed by atoms with E-state index in [1.807, 2.05) is 0 Å². The fourth-order valence-corrected chi connectivity index (χ4v) is 1.81. The van der Waals surface area contributed by atoms with Gasteiger partial charge in [0.2, 0.25) is 0 Å². The summed E-state index contributed by atoms with van der Waals surface area (Å²) in [5.74, 6) is 1.04.